The van der Waals surface area contributed by atoms with E-state index in [1.807, 2.05) is 38.1 Å². The number of furan rings is 1. The highest BCUT2D eigenvalue weighted by molar-refractivity contribution is 7.07. The van der Waals surface area contributed by atoms with Crippen LogP contribution in [0.15, 0.2) is 80.1 Å². The highest BCUT2D eigenvalue weighted by atomic mass is 35.5. The minimum atomic E-state index is -0.828. The van der Waals surface area contributed by atoms with Crippen LogP contribution in [0.5, 0.6) is 5.75 Å². The quantitative estimate of drug-likeness (QED) is 0.173. The minimum Gasteiger partial charge on any atom is -0.491 e. The highest BCUT2D eigenvalue weighted by Crippen LogP contribution is 2.36. The van der Waals surface area contributed by atoms with E-state index >= 15 is 0 Å². The standard InChI is InChI=1S/C31H28Cl2N2O6S/c1-17(2)40-24-8-6-5-7-21(24)28-27(30(37)39-14-13-38-4)18(3)34-31-35(28)29(36)26(42-31)16-20-10-12-25(41-20)22-15-19(32)9-11-23(22)33/h5-12,15-17,28H,13-14H2,1-4H3/b26-16+/t28-/m0/s1. The van der Waals surface area contributed by atoms with Crippen molar-refractivity contribution >= 4 is 46.6 Å². The zero-order valence-corrected chi connectivity index (χ0v) is 25.7. The lowest BCUT2D eigenvalue weighted by Gasteiger charge is -2.27. The Labute approximate surface area is 256 Å². The van der Waals surface area contributed by atoms with Crippen LogP contribution in [0, 0.1) is 0 Å². The maximum atomic E-state index is 14.0. The van der Waals surface area contributed by atoms with Gasteiger partial charge in [0.15, 0.2) is 4.80 Å². The van der Waals surface area contributed by atoms with E-state index in [-0.39, 0.29) is 30.5 Å². The first-order valence-corrected chi connectivity index (χ1v) is 14.7. The summed E-state index contributed by atoms with van der Waals surface area (Å²) in [4.78, 5) is 32.5. The normalized spacial score (nSPS) is 15.1. The first-order chi connectivity index (χ1) is 20.2. The van der Waals surface area contributed by atoms with Crippen LogP contribution < -0.4 is 19.6 Å². The second-order valence-corrected chi connectivity index (χ2v) is 11.6. The molecule has 218 valence electrons. The van der Waals surface area contributed by atoms with Crippen LogP contribution in [0.3, 0.4) is 0 Å². The molecule has 2 aromatic carbocycles. The van der Waals surface area contributed by atoms with Gasteiger partial charge in [-0.3, -0.25) is 9.36 Å². The number of para-hydroxylation sites is 1. The molecule has 1 atom stereocenters. The number of benzene rings is 2. The number of fused-ring (bicyclic) bond motifs is 1. The summed E-state index contributed by atoms with van der Waals surface area (Å²) in [5, 5.41) is 1.01. The Morgan fingerprint density at radius 1 is 1.14 bits per heavy atom. The number of carbonyl (C=O) groups excluding carboxylic acids is 1. The summed E-state index contributed by atoms with van der Waals surface area (Å²) < 4.78 is 24.6. The average Bonchev–Trinajstić information content (AvgIpc) is 3.53. The van der Waals surface area contributed by atoms with Crippen molar-refractivity contribution in [3.05, 3.63) is 107 Å². The van der Waals surface area contributed by atoms with Crippen LogP contribution in [-0.2, 0) is 14.3 Å². The van der Waals surface area contributed by atoms with E-state index in [1.54, 1.807) is 43.3 Å². The summed E-state index contributed by atoms with van der Waals surface area (Å²) >= 11 is 13.7. The zero-order chi connectivity index (χ0) is 30.0. The highest BCUT2D eigenvalue weighted by Gasteiger charge is 2.35. The molecule has 0 N–H and O–H groups in total. The van der Waals surface area contributed by atoms with Crippen LogP contribution in [0.4, 0.5) is 0 Å². The third kappa shape index (κ3) is 6.10. The first kappa shape index (κ1) is 29.8. The topological polar surface area (TPSA) is 92.3 Å². The monoisotopic (exact) mass is 626 g/mol. The van der Waals surface area contributed by atoms with Gasteiger partial charge in [0.2, 0.25) is 0 Å². The number of ether oxygens (including phenoxy) is 3. The molecule has 0 unspecified atom stereocenters. The molecule has 3 heterocycles. The molecule has 1 aliphatic heterocycles. The zero-order valence-electron chi connectivity index (χ0n) is 23.4. The second-order valence-electron chi connectivity index (χ2n) is 9.74. The summed E-state index contributed by atoms with van der Waals surface area (Å²) in [6.45, 7) is 5.86. The van der Waals surface area contributed by atoms with E-state index in [9.17, 15) is 9.59 Å². The SMILES string of the molecule is COCCOC(=O)C1=C(C)N=c2s/c(=C/c3ccc(-c4cc(Cl)ccc4Cl)o3)c(=O)n2[C@H]1c1ccccc1OC(C)C. The molecule has 1 aliphatic rings. The molecule has 0 aliphatic carbocycles. The predicted molar refractivity (Wildman–Crippen MR) is 163 cm³/mol. The van der Waals surface area contributed by atoms with Crippen LogP contribution >= 0.6 is 34.5 Å². The van der Waals surface area contributed by atoms with Crippen molar-refractivity contribution < 1.29 is 23.4 Å². The molecule has 2 aromatic heterocycles. The van der Waals surface area contributed by atoms with Crippen molar-refractivity contribution in [1.29, 1.82) is 0 Å². The van der Waals surface area contributed by atoms with Crippen LogP contribution in [-0.4, -0.2) is 37.0 Å². The Morgan fingerprint density at radius 2 is 1.93 bits per heavy atom. The van der Waals surface area contributed by atoms with Crippen LogP contribution in [0.25, 0.3) is 17.4 Å². The summed E-state index contributed by atoms with van der Waals surface area (Å²) in [7, 11) is 1.53. The Kier molecular flexibility index (Phi) is 9.03. The van der Waals surface area contributed by atoms with E-state index in [2.05, 4.69) is 4.99 Å². The van der Waals surface area contributed by atoms with E-state index in [0.717, 1.165) is 0 Å². The lowest BCUT2D eigenvalue weighted by atomic mass is 9.95. The lowest BCUT2D eigenvalue weighted by Crippen LogP contribution is -2.40. The Balaban J connectivity index is 1.64. The van der Waals surface area contributed by atoms with Crippen LogP contribution in [0.2, 0.25) is 10.0 Å². The molecule has 0 spiro atoms. The molecule has 4 aromatic rings. The summed E-state index contributed by atoms with van der Waals surface area (Å²) in [6.07, 6.45) is 1.51. The number of rotatable bonds is 9. The van der Waals surface area contributed by atoms with Gasteiger partial charge in [0.05, 0.1) is 33.5 Å². The number of halogens is 2. The molecule has 0 bridgehead atoms. The Hall–Kier alpha value is -3.63. The van der Waals surface area contributed by atoms with Gasteiger partial charge >= 0.3 is 5.97 Å². The van der Waals surface area contributed by atoms with Crippen molar-refractivity contribution in [3.8, 4) is 17.1 Å². The molecule has 0 amide bonds. The average molecular weight is 628 g/mol. The van der Waals surface area contributed by atoms with Crippen molar-refractivity contribution in [1.82, 2.24) is 4.57 Å². The van der Waals surface area contributed by atoms with Gasteiger partial charge in [-0.1, -0.05) is 52.7 Å². The van der Waals surface area contributed by atoms with Crippen molar-refractivity contribution in [2.75, 3.05) is 20.3 Å². The van der Waals surface area contributed by atoms with E-state index in [4.69, 9.17) is 41.8 Å². The molecule has 8 nitrogen and oxygen atoms in total. The second kappa shape index (κ2) is 12.7. The summed E-state index contributed by atoms with van der Waals surface area (Å²) in [5.74, 6) is 0.927. The number of esters is 1. The fourth-order valence-corrected chi connectivity index (χ4v) is 6.04. The lowest BCUT2D eigenvalue weighted by molar-refractivity contribution is -0.140. The number of nitrogens with zero attached hydrogens (tertiary/aromatic N) is 2. The summed E-state index contributed by atoms with van der Waals surface area (Å²) in [5.41, 5.74) is 1.64. The molecule has 0 fully saturated rings. The Bertz CT molecular complexity index is 1850. The van der Waals surface area contributed by atoms with E-state index < -0.39 is 12.0 Å². The van der Waals surface area contributed by atoms with Gasteiger partial charge in [-0.2, -0.15) is 0 Å². The number of carbonyl (C=O) groups is 1. The largest absolute Gasteiger partial charge is 0.491 e. The first-order valence-electron chi connectivity index (χ1n) is 13.2. The Morgan fingerprint density at radius 3 is 2.69 bits per heavy atom. The third-order valence-corrected chi connectivity index (χ3v) is 7.98. The number of allylic oxidation sites excluding steroid dienone is 1. The summed E-state index contributed by atoms with van der Waals surface area (Å²) in [6, 6.07) is 15.1. The van der Waals surface area contributed by atoms with Gasteiger partial charge in [0, 0.05) is 29.3 Å². The molecule has 5 rings (SSSR count). The number of methoxy groups -OCH3 is 1. The molecule has 11 heteroatoms. The van der Waals surface area contributed by atoms with Gasteiger partial charge < -0.3 is 18.6 Å². The fraction of sp³-hybridized carbons (Fsp3) is 0.258. The van der Waals surface area contributed by atoms with Gasteiger partial charge in [0.1, 0.15) is 29.9 Å². The molecular formula is C31H28Cl2N2O6S. The van der Waals surface area contributed by atoms with Crippen molar-refractivity contribution in [2.45, 2.75) is 32.9 Å². The number of thiazole rings is 1. The van der Waals surface area contributed by atoms with E-state index in [1.165, 1.54) is 23.0 Å². The van der Waals surface area contributed by atoms with Gasteiger partial charge in [0.25, 0.3) is 5.56 Å². The van der Waals surface area contributed by atoms with Crippen molar-refractivity contribution in [2.24, 2.45) is 4.99 Å². The number of hydrogen-bond acceptors (Lipinski definition) is 8. The smallest absolute Gasteiger partial charge is 0.338 e. The van der Waals surface area contributed by atoms with Gasteiger partial charge in [-0.15, -0.1) is 0 Å². The number of aromatic nitrogens is 1. The molecular weight excluding hydrogens is 599 g/mol. The van der Waals surface area contributed by atoms with Gasteiger partial charge in [-0.25, -0.2) is 9.79 Å². The molecule has 0 saturated carbocycles. The minimum absolute atomic E-state index is 0.0604. The van der Waals surface area contributed by atoms with Gasteiger partial charge in [-0.05, 0) is 57.2 Å². The van der Waals surface area contributed by atoms with E-state index in [0.29, 0.717) is 53.5 Å². The maximum absolute atomic E-state index is 14.0. The maximum Gasteiger partial charge on any atom is 0.338 e. The molecule has 0 saturated heterocycles. The fourth-order valence-electron chi connectivity index (χ4n) is 4.63. The third-order valence-electron chi connectivity index (χ3n) is 6.43. The molecule has 42 heavy (non-hydrogen) atoms. The van der Waals surface area contributed by atoms with Crippen LogP contribution in [0.1, 0.15) is 38.1 Å². The molecule has 0 radical (unpaired) electrons. The predicted octanol–water partition coefficient (Wildman–Crippen LogP) is 5.78. The van der Waals surface area contributed by atoms with Crippen molar-refractivity contribution in [3.63, 3.8) is 0 Å². The number of hydrogen-bond donors (Lipinski definition) is 0.